The van der Waals surface area contributed by atoms with Crippen molar-refractivity contribution in [2.75, 3.05) is 12.3 Å². The molecule has 1 aliphatic carbocycles. The average Bonchev–Trinajstić information content (AvgIpc) is 2.88. The van der Waals surface area contributed by atoms with Gasteiger partial charge in [-0.2, -0.15) is 0 Å². The zero-order valence-corrected chi connectivity index (χ0v) is 13.5. The highest BCUT2D eigenvalue weighted by molar-refractivity contribution is 7.99. The quantitative estimate of drug-likeness (QED) is 0.854. The van der Waals surface area contributed by atoms with Gasteiger partial charge >= 0.3 is 0 Å². The van der Waals surface area contributed by atoms with Crippen molar-refractivity contribution < 1.29 is 12.8 Å². The van der Waals surface area contributed by atoms with Crippen LogP contribution in [0.3, 0.4) is 0 Å². The smallest absolute Gasteiger partial charge is 0.275 e. The van der Waals surface area contributed by atoms with Gasteiger partial charge in [0.25, 0.3) is 15.1 Å². The van der Waals surface area contributed by atoms with E-state index in [9.17, 15) is 8.42 Å². The van der Waals surface area contributed by atoms with Gasteiger partial charge in [0.1, 0.15) is 0 Å². The van der Waals surface area contributed by atoms with Crippen molar-refractivity contribution in [2.24, 2.45) is 0 Å². The number of nitrogens with zero attached hydrogens (tertiary/aromatic N) is 3. The van der Waals surface area contributed by atoms with Gasteiger partial charge in [-0.3, -0.25) is 0 Å². The van der Waals surface area contributed by atoms with Gasteiger partial charge in [-0.25, -0.2) is 23.1 Å². The summed E-state index contributed by atoms with van der Waals surface area (Å²) in [7, 11) is -3.63. The molecule has 1 N–H and O–H groups in total. The number of aromatic nitrogens is 3. The van der Waals surface area contributed by atoms with Crippen LogP contribution in [-0.2, 0) is 23.0 Å². The lowest BCUT2D eigenvalue weighted by Crippen LogP contribution is -2.25. The molecule has 1 aliphatic heterocycles. The fourth-order valence-corrected chi connectivity index (χ4v) is 4.24. The molecule has 1 saturated carbocycles. The van der Waals surface area contributed by atoms with E-state index in [2.05, 4.69) is 19.3 Å². The van der Waals surface area contributed by atoms with Gasteiger partial charge in [-0.1, -0.05) is 11.8 Å². The molecule has 0 atom stereocenters. The third kappa shape index (κ3) is 2.80. The van der Waals surface area contributed by atoms with E-state index < -0.39 is 10.0 Å². The van der Waals surface area contributed by atoms with Crippen LogP contribution in [0.4, 0.5) is 0 Å². The van der Waals surface area contributed by atoms with E-state index in [0.717, 1.165) is 36.0 Å². The highest BCUT2D eigenvalue weighted by Gasteiger charge is 2.30. The molecule has 0 spiro atoms. The third-order valence-corrected chi connectivity index (χ3v) is 5.99. The molecule has 22 heavy (non-hydrogen) atoms. The number of oxazole rings is 1. The van der Waals surface area contributed by atoms with Crippen molar-refractivity contribution in [3.05, 3.63) is 24.0 Å². The normalized spacial score (nSPS) is 17.8. The van der Waals surface area contributed by atoms with Crippen LogP contribution in [0.5, 0.6) is 0 Å². The number of rotatable bonds is 6. The second kappa shape index (κ2) is 5.39. The van der Waals surface area contributed by atoms with Crippen LogP contribution >= 0.6 is 11.8 Å². The zero-order chi connectivity index (χ0) is 15.2. The topological polar surface area (TPSA) is 90.0 Å². The van der Waals surface area contributed by atoms with Crippen LogP contribution in [0.25, 0.3) is 0 Å². The predicted octanol–water partition coefficient (Wildman–Crippen LogP) is 1.38. The van der Waals surface area contributed by atoms with E-state index in [-0.39, 0.29) is 5.09 Å². The summed E-state index contributed by atoms with van der Waals surface area (Å²) in [5, 5.41) is 0.916. The molecule has 0 bridgehead atoms. The molecule has 0 aromatic carbocycles. The number of imidazole rings is 1. The van der Waals surface area contributed by atoms with Gasteiger partial charge < -0.3 is 8.98 Å². The summed E-state index contributed by atoms with van der Waals surface area (Å²) in [4.78, 5) is 8.51. The van der Waals surface area contributed by atoms with E-state index >= 15 is 0 Å². The second-order valence-electron chi connectivity index (χ2n) is 5.50. The first-order valence-corrected chi connectivity index (χ1v) is 9.73. The maximum Gasteiger partial charge on any atom is 0.275 e. The Labute approximate surface area is 132 Å². The summed E-state index contributed by atoms with van der Waals surface area (Å²) in [5.74, 6) is 1.89. The summed E-state index contributed by atoms with van der Waals surface area (Å²) < 4.78 is 34.3. The summed E-state index contributed by atoms with van der Waals surface area (Å²) in [5.41, 5.74) is 0.904. The van der Waals surface area contributed by atoms with E-state index in [1.54, 1.807) is 11.8 Å². The van der Waals surface area contributed by atoms with Crippen LogP contribution in [0.15, 0.2) is 27.1 Å². The van der Waals surface area contributed by atoms with Gasteiger partial charge in [0.2, 0.25) is 0 Å². The Balaban J connectivity index is 1.36. The molecular weight excluding hydrogens is 324 g/mol. The van der Waals surface area contributed by atoms with Gasteiger partial charge in [-0.15, -0.1) is 0 Å². The molecule has 2 aromatic heterocycles. The molecular formula is C13H16N4O3S2. The summed E-state index contributed by atoms with van der Waals surface area (Å²) in [6, 6.07) is 0. The van der Waals surface area contributed by atoms with Crippen molar-refractivity contribution in [1.82, 2.24) is 19.3 Å². The predicted molar refractivity (Wildman–Crippen MR) is 80.3 cm³/mol. The molecule has 2 aromatic rings. The van der Waals surface area contributed by atoms with Gasteiger partial charge in [0.15, 0.2) is 11.0 Å². The lowest BCUT2D eigenvalue weighted by Gasteiger charge is -2.02. The molecule has 9 heteroatoms. The Hall–Kier alpha value is -1.32. The fourth-order valence-electron chi connectivity index (χ4n) is 2.38. The van der Waals surface area contributed by atoms with Crippen LogP contribution in [0, 0.1) is 0 Å². The minimum atomic E-state index is -3.63. The first-order chi connectivity index (χ1) is 10.6. The first kappa shape index (κ1) is 14.3. The molecule has 118 valence electrons. The van der Waals surface area contributed by atoms with Crippen molar-refractivity contribution in [3.8, 4) is 0 Å². The maximum absolute atomic E-state index is 12.1. The minimum absolute atomic E-state index is 0.0997. The zero-order valence-electron chi connectivity index (χ0n) is 11.9. The Morgan fingerprint density at radius 3 is 3.09 bits per heavy atom. The number of sulfonamides is 1. The van der Waals surface area contributed by atoms with E-state index in [0.29, 0.717) is 24.8 Å². The van der Waals surface area contributed by atoms with Gasteiger partial charge in [-0.05, 0) is 12.8 Å². The average molecular weight is 340 g/mol. The van der Waals surface area contributed by atoms with Crippen molar-refractivity contribution in [1.29, 1.82) is 0 Å². The lowest BCUT2D eigenvalue weighted by atomic mass is 10.3. The Morgan fingerprint density at radius 1 is 1.45 bits per heavy atom. The van der Waals surface area contributed by atoms with E-state index in [1.165, 1.54) is 6.20 Å². The number of hydrogen-bond acceptors (Lipinski definition) is 6. The monoisotopic (exact) mass is 340 g/mol. The van der Waals surface area contributed by atoms with Crippen LogP contribution in [0.2, 0.25) is 0 Å². The maximum atomic E-state index is 12.1. The number of nitrogens with one attached hydrogen (secondary N) is 1. The SMILES string of the molecule is O=S(=O)(NCCc1cn2c(n1)SCC2)c1cnc(C2CC2)o1. The van der Waals surface area contributed by atoms with Gasteiger partial charge in [0.05, 0.1) is 11.9 Å². The number of fused-ring (bicyclic) bond motifs is 1. The summed E-state index contributed by atoms with van der Waals surface area (Å²) >= 11 is 1.73. The summed E-state index contributed by atoms with van der Waals surface area (Å²) in [6.07, 6.45) is 5.89. The van der Waals surface area contributed by atoms with Crippen LogP contribution < -0.4 is 4.72 Å². The molecule has 7 nitrogen and oxygen atoms in total. The standard InChI is InChI=1S/C13H16N4O3S2/c18-22(19,11-7-14-12(20-11)9-1-2-9)15-4-3-10-8-17-5-6-21-13(17)16-10/h7-9,15H,1-6H2. The fraction of sp³-hybridized carbons (Fsp3) is 0.538. The highest BCUT2D eigenvalue weighted by Crippen LogP contribution is 2.39. The highest BCUT2D eigenvalue weighted by atomic mass is 32.2. The molecule has 4 rings (SSSR count). The lowest BCUT2D eigenvalue weighted by molar-refractivity contribution is 0.406. The molecule has 0 saturated heterocycles. The summed E-state index contributed by atoms with van der Waals surface area (Å²) in [6.45, 7) is 1.27. The Bertz CT molecular complexity index is 771. The van der Waals surface area contributed by atoms with Gasteiger partial charge in [0, 0.05) is 37.4 Å². The molecule has 0 radical (unpaired) electrons. The van der Waals surface area contributed by atoms with Crippen molar-refractivity contribution >= 4 is 21.8 Å². The number of hydrogen-bond donors (Lipinski definition) is 1. The Morgan fingerprint density at radius 2 is 2.32 bits per heavy atom. The Kier molecular flexibility index (Phi) is 3.50. The van der Waals surface area contributed by atoms with Crippen molar-refractivity contribution in [2.45, 2.75) is 42.0 Å². The number of aryl methyl sites for hydroxylation is 1. The van der Waals surface area contributed by atoms with Crippen LogP contribution in [0.1, 0.15) is 30.3 Å². The molecule has 3 heterocycles. The van der Waals surface area contributed by atoms with E-state index in [4.69, 9.17) is 4.42 Å². The second-order valence-corrected chi connectivity index (χ2v) is 8.26. The third-order valence-electron chi connectivity index (χ3n) is 3.72. The minimum Gasteiger partial charge on any atom is -0.428 e. The molecule has 0 unspecified atom stereocenters. The van der Waals surface area contributed by atoms with E-state index in [1.807, 2.05) is 6.20 Å². The molecule has 0 amide bonds. The first-order valence-electron chi connectivity index (χ1n) is 7.26. The molecule has 1 fully saturated rings. The number of thioether (sulfide) groups is 1. The van der Waals surface area contributed by atoms with Crippen molar-refractivity contribution in [3.63, 3.8) is 0 Å². The largest absolute Gasteiger partial charge is 0.428 e. The van der Waals surface area contributed by atoms with Crippen LogP contribution in [-0.4, -0.2) is 35.3 Å². The molecule has 2 aliphatic rings.